The summed E-state index contributed by atoms with van der Waals surface area (Å²) in [6.45, 7) is 0.209. The monoisotopic (exact) mass is 282 g/mol. The Morgan fingerprint density at radius 2 is 2.05 bits per heavy atom. The van der Waals surface area contributed by atoms with Gasteiger partial charge in [-0.2, -0.15) is 4.39 Å². The molecule has 108 valence electrons. The summed E-state index contributed by atoms with van der Waals surface area (Å²) in [7, 11) is 0. The third-order valence-corrected chi connectivity index (χ3v) is 4.61. The van der Waals surface area contributed by atoms with Gasteiger partial charge in [-0.05, 0) is 31.1 Å². The smallest absolute Gasteiger partial charge is 0.305 e. The predicted molar refractivity (Wildman–Crippen MR) is 69.1 cm³/mol. The highest BCUT2D eigenvalue weighted by atomic mass is 19.1. The second-order valence-corrected chi connectivity index (χ2v) is 5.81. The van der Waals surface area contributed by atoms with E-state index in [1.54, 1.807) is 0 Å². The van der Waals surface area contributed by atoms with E-state index in [-0.39, 0.29) is 12.1 Å². The lowest BCUT2D eigenvalue weighted by Crippen LogP contribution is -2.33. The maximum absolute atomic E-state index is 13.7. The summed E-state index contributed by atoms with van der Waals surface area (Å²) in [5.74, 6) is -0.455. The van der Waals surface area contributed by atoms with Crippen LogP contribution in [-0.4, -0.2) is 11.0 Å². The van der Waals surface area contributed by atoms with E-state index in [4.69, 9.17) is 0 Å². The van der Waals surface area contributed by atoms with Crippen molar-refractivity contribution >= 4 is 5.69 Å². The van der Waals surface area contributed by atoms with E-state index in [0.29, 0.717) is 18.0 Å². The SMILES string of the molecule is O=[N+]([O-])c1cc(CNC2CC3CCC2C3)c(F)cc1F. The number of fused-ring (bicyclic) bond motifs is 2. The van der Waals surface area contributed by atoms with Crippen molar-refractivity contribution in [2.75, 3.05) is 0 Å². The number of halogens is 2. The Balaban J connectivity index is 1.71. The number of nitro groups is 1. The van der Waals surface area contributed by atoms with Gasteiger partial charge in [0.15, 0.2) is 0 Å². The molecule has 0 aliphatic heterocycles. The molecule has 2 bridgehead atoms. The van der Waals surface area contributed by atoms with E-state index in [2.05, 4.69) is 5.32 Å². The highest BCUT2D eigenvalue weighted by molar-refractivity contribution is 5.37. The fourth-order valence-corrected chi connectivity index (χ4v) is 3.59. The van der Waals surface area contributed by atoms with Crippen molar-refractivity contribution in [3.8, 4) is 0 Å². The zero-order valence-corrected chi connectivity index (χ0v) is 10.9. The molecular weight excluding hydrogens is 266 g/mol. The van der Waals surface area contributed by atoms with Crippen LogP contribution in [0.1, 0.15) is 31.2 Å². The van der Waals surface area contributed by atoms with Crippen molar-refractivity contribution in [1.29, 1.82) is 0 Å². The average Bonchev–Trinajstić information content (AvgIpc) is 2.99. The van der Waals surface area contributed by atoms with Crippen LogP contribution < -0.4 is 5.32 Å². The van der Waals surface area contributed by atoms with Gasteiger partial charge in [-0.25, -0.2) is 4.39 Å². The Kier molecular flexibility index (Phi) is 3.41. The van der Waals surface area contributed by atoms with Crippen molar-refractivity contribution in [3.63, 3.8) is 0 Å². The van der Waals surface area contributed by atoms with E-state index >= 15 is 0 Å². The minimum absolute atomic E-state index is 0.154. The molecule has 0 spiro atoms. The van der Waals surface area contributed by atoms with Gasteiger partial charge >= 0.3 is 5.69 Å². The average molecular weight is 282 g/mol. The van der Waals surface area contributed by atoms with Crippen LogP contribution in [0.25, 0.3) is 0 Å². The van der Waals surface area contributed by atoms with Crippen LogP contribution in [0.5, 0.6) is 0 Å². The van der Waals surface area contributed by atoms with Crippen molar-refractivity contribution in [3.05, 3.63) is 39.4 Å². The topological polar surface area (TPSA) is 55.2 Å². The summed E-state index contributed by atoms with van der Waals surface area (Å²) < 4.78 is 26.9. The van der Waals surface area contributed by atoms with Gasteiger partial charge in [0.1, 0.15) is 5.82 Å². The number of benzene rings is 1. The van der Waals surface area contributed by atoms with Gasteiger partial charge in [0, 0.05) is 30.3 Å². The van der Waals surface area contributed by atoms with Crippen molar-refractivity contribution in [2.24, 2.45) is 11.8 Å². The first-order chi connectivity index (χ1) is 9.54. The minimum Gasteiger partial charge on any atom is -0.310 e. The van der Waals surface area contributed by atoms with E-state index < -0.39 is 22.2 Å². The van der Waals surface area contributed by atoms with Gasteiger partial charge in [0.25, 0.3) is 0 Å². The molecule has 1 aromatic rings. The van der Waals surface area contributed by atoms with Crippen LogP contribution in [0.3, 0.4) is 0 Å². The molecule has 6 heteroatoms. The first-order valence-electron chi connectivity index (χ1n) is 6.90. The van der Waals surface area contributed by atoms with Crippen molar-refractivity contribution in [1.82, 2.24) is 5.32 Å². The lowest BCUT2D eigenvalue weighted by Gasteiger charge is -2.23. The van der Waals surface area contributed by atoms with Gasteiger partial charge in [-0.1, -0.05) is 6.42 Å². The Hall–Kier alpha value is -1.56. The number of hydrogen-bond acceptors (Lipinski definition) is 3. The molecule has 0 saturated heterocycles. The highest BCUT2D eigenvalue weighted by Crippen LogP contribution is 2.44. The molecule has 3 unspecified atom stereocenters. The number of hydrogen-bond donors (Lipinski definition) is 1. The normalized spacial score (nSPS) is 28.0. The fourth-order valence-electron chi connectivity index (χ4n) is 3.59. The Labute approximate surface area is 115 Å². The zero-order chi connectivity index (χ0) is 14.3. The number of nitrogens with one attached hydrogen (secondary N) is 1. The van der Waals surface area contributed by atoms with E-state index in [1.165, 1.54) is 19.3 Å². The van der Waals surface area contributed by atoms with Crippen LogP contribution in [0.2, 0.25) is 0 Å². The molecule has 4 nitrogen and oxygen atoms in total. The lowest BCUT2D eigenvalue weighted by molar-refractivity contribution is -0.387. The van der Waals surface area contributed by atoms with Gasteiger partial charge < -0.3 is 5.32 Å². The molecule has 0 heterocycles. The van der Waals surface area contributed by atoms with Crippen LogP contribution in [0, 0.1) is 33.6 Å². The Bertz CT molecular complexity index is 550. The first-order valence-corrected chi connectivity index (χ1v) is 6.90. The lowest BCUT2D eigenvalue weighted by atomic mass is 9.95. The summed E-state index contributed by atoms with van der Waals surface area (Å²) in [6.07, 6.45) is 4.80. The minimum atomic E-state index is -1.13. The Morgan fingerprint density at radius 1 is 1.25 bits per heavy atom. The standard InChI is InChI=1S/C14H16F2N2O2/c15-11-6-12(16)14(18(19)20)5-10(11)7-17-13-4-8-1-2-9(13)3-8/h5-6,8-9,13,17H,1-4,7H2. The van der Waals surface area contributed by atoms with Gasteiger partial charge in [-0.3, -0.25) is 10.1 Å². The summed E-state index contributed by atoms with van der Waals surface area (Å²) in [5.41, 5.74) is -0.517. The predicted octanol–water partition coefficient (Wildman–Crippen LogP) is 3.15. The second-order valence-electron chi connectivity index (χ2n) is 5.81. The number of nitro benzene ring substituents is 1. The quantitative estimate of drug-likeness (QED) is 0.681. The molecule has 1 N–H and O–H groups in total. The molecule has 0 amide bonds. The van der Waals surface area contributed by atoms with Gasteiger partial charge in [-0.15, -0.1) is 0 Å². The summed E-state index contributed by atoms with van der Waals surface area (Å²) in [5, 5.41) is 13.9. The molecule has 1 aromatic carbocycles. The van der Waals surface area contributed by atoms with Crippen LogP contribution >= 0.6 is 0 Å². The summed E-state index contributed by atoms with van der Waals surface area (Å²) in [6, 6.07) is 1.94. The fraction of sp³-hybridized carbons (Fsp3) is 0.571. The summed E-state index contributed by atoms with van der Waals surface area (Å²) >= 11 is 0. The van der Waals surface area contributed by atoms with Gasteiger partial charge in [0.05, 0.1) is 4.92 Å². The highest BCUT2D eigenvalue weighted by Gasteiger charge is 2.39. The number of rotatable bonds is 4. The molecule has 3 rings (SSSR count). The van der Waals surface area contributed by atoms with Crippen molar-refractivity contribution in [2.45, 2.75) is 38.3 Å². The molecule has 2 fully saturated rings. The molecule has 20 heavy (non-hydrogen) atoms. The number of nitrogens with zero attached hydrogens (tertiary/aromatic N) is 1. The maximum atomic E-state index is 13.7. The van der Waals surface area contributed by atoms with Gasteiger partial charge in [0.2, 0.25) is 5.82 Å². The molecule has 0 radical (unpaired) electrons. The molecule has 2 aliphatic rings. The molecule has 0 aromatic heterocycles. The molecule has 2 saturated carbocycles. The third kappa shape index (κ3) is 2.40. The van der Waals surface area contributed by atoms with Crippen LogP contribution in [0.15, 0.2) is 12.1 Å². The first kappa shape index (κ1) is 13.4. The second kappa shape index (κ2) is 5.09. The third-order valence-electron chi connectivity index (χ3n) is 4.61. The van der Waals surface area contributed by atoms with E-state index in [9.17, 15) is 18.9 Å². The Morgan fingerprint density at radius 3 is 2.65 bits per heavy atom. The van der Waals surface area contributed by atoms with Crippen LogP contribution in [-0.2, 0) is 6.54 Å². The van der Waals surface area contributed by atoms with Crippen molar-refractivity contribution < 1.29 is 13.7 Å². The van der Waals surface area contributed by atoms with E-state index in [0.717, 1.165) is 18.4 Å². The van der Waals surface area contributed by atoms with Crippen LogP contribution in [0.4, 0.5) is 14.5 Å². The largest absolute Gasteiger partial charge is 0.310 e. The molecule has 2 aliphatic carbocycles. The zero-order valence-electron chi connectivity index (χ0n) is 10.9. The summed E-state index contributed by atoms with van der Waals surface area (Å²) in [4.78, 5) is 9.85. The molecular formula is C14H16F2N2O2. The maximum Gasteiger partial charge on any atom is 0.305 e. The van der Waals surface area contributed by atoms with E-state index in [1.807, 2.05) is 0 Å². The molecule has 3 atom stereocenters.